The summed E-state index contributed by atoms with van der Waals surface area (Å²) in [5, 5.41) is 3.73. The van der Waals surface area contributed by atoms with Crippen LogP contribution in [0.3, 0.4) is 0 Å². The molecule has 0 unspecified atom stereocenters. The van der Waals surface area contributed by atoms with Crippen LogP contribution < -0.4 is 10.5 Å². The van der Waals surface area contributed by atoms with E-state index in [1.54, 1.807) is 13.0 Å². The molecular weight excluding hydrogens is 299 g/mol. The molecule has 1 aromatic heterocycles. The highest BCUT2D eigenvalue weighted by Crippen LogP contribution is 2.20. The third kappa shape index (κ3) is 4.30. The van der Waals surface area contributed by atoms with Crippen molar-refractivity contribution < 1.29 is 22.7 Å². The van der Waals surface area contributed by atoms with Gasteiger partial charge in [-0.1, -0.05) is 17.7 Å². The van der Waals surface area contributed by atoms with E-state index in [9.17, 15) is 18.0 Å². The molecule has 110 valence electrons. The molecule has 0 spiro atoms. The monoisotopic (exact) mass is 309 g/mol. The molecule has 9 heteroatoms. The Morgan fingerprint density at radius 3 is 2.75 bits per heavy atom. The smallest absolute Gasteiger partial charge is 0.422 e. The van der Waals surface area contributed by atoms with Crippen molar-refractivity contribution in [3.8, 4) is 5.88 Å². The summed E-state index contributed by atoms with van der Waals surface area (Å²) in [6.07, 6.45) is -1.08. The Hall–Kier alpha value is -1.96. The first-order chi connectivity index (χ1) is 9.28. The molecular formula is C11H11ClF3N3O2. The first-order valence-electron chi connectivity index (χ1n) is 5.31. The van der Waals surface area contributed by atoms with Gasteiger partial charge in [0, 0.05) is 6.07 Å². The molecule has 0 saturated carbocycles. The Bertz CT molecular complexity index is 550. The highest BCUT2D eigenvalue weighted by Gasteiger charge is 2.29. The molecule has 0 aliphatic carbocycles. The molecule has 1 heterocycles. The maximum atomic E-state index is 12.0. The van der Waals surface area contributed by atoms with Crippen molar-refractivity contribution in [2.75, 3.05) is 6.61 Å². The molecule has 5 nitrogen and oxygen atoms in total. The van der Waals surface area contributed by atoms with Gasteiger partial charge in [0.15, 0.2) is 12.9 Å². The summed E-state index contributed by atoms with van der Waals surface area (Å²) in [6.45, 7) is 0.172. The number of hydrogen-bond acceptors (Lipinski definition) is 4. The number of halogens is 4. The maximum Gasteiger partial charge on any atom is 0.422 e. The minimum Gasteiger partial charge on any atom is -0.467 e. The number of carbonyl (C=O) groups excluding carboxylic acids is 1. The van der Waals surface area contributed by atoms with Gasteiger partial charge >= 0.3 is 6.18 Å². The third-order valence-electron chi connectivity index (χ3n) is 2.00. The van der Waals surface area contributed by atoms with Gasteiger partial charge in [0.25, 0.3) is 0 Å². The van der Waals surface area contributed by atoms with Gasteiger partial charge in [0.2, 0.25) is 5.88 Å². The van der Waals surface area contributed by atoms with Crippen LogP contribution in [0.1, 0.15) is 17.4 Å². The van der Waals surface area contributed by atoms with Crippen LogP contribution in [0.15, 0.2) is 23.3 Å². The van der Waals surface area contributed by atoms with E-state index in [1.165, 1.54) is 6.08 Å². The minimum absolute atomic E-state index is 0.0812. The molecule has 0 fully saturated rings. The van der Waals surface area contributed by atoms with Crippen LogP contribution in [0.4, 0.5) is 13.2 Å². The third-order valence-corrected chi connectivity index (χ3v) is 2.32. The number of carbonyl (C=O) groups is 1. The molecule has 20 heavy (non-hydrogen) atoms. The van der Waals surface area contributed by atoms with E-state index in [1.807, 2.05) is 0 Å². The van der Waals surface area contributed by atoms with E-state index in [-0.39, 0.29) is 22.4 Å². The number of ether oxygens (including phenoxy) is 1. The Morgan fingerprint density at radius 1 is 1.60 bits per heavy atom. The lowest BCUT2D eigenvalue weighted by atomic mass is 10.4. The van der Waals surface area contributed by atoms with E-state index in [2.05, 4.69) is 9.84 Å². The number of allylic oxidation sites excluding steroid dienone is 3. The van der Waals surface area contributed by atoms with Gasteiger partial charge in [-0.05, 0) is 13.0 Å². The standard InChI is InChI=1S/C11H11ClF3N3O2/c1-2-3-8(12)10(16)18-7(5-19)4-9(17-18)20-6-11(13,14)15/h2-5H,6,16H2,1H3/b3-2-,10-8-. The highest BCUT2D eigenvalue weighted by atomic mass is 35.5. The highest BCUT2D eigenvalue weighted by molar-refractivity contribution is 6.33. The lowest BCUT2D eigenvalue weighted by Gasteiger charge is -2.06. The van der Waals surface area contributed by atoms with E-state index >= 15 is 0 Å². The summed E-state index contributed by atoms with van der Waals surface area (Å²) in [6, 6.07) is 1.03. The van der Waals surface area contributed by atoms with Gasteiger partial charge in [-0.2, -0.15) is 13.2 Å². The number of hydrogen-bond donors (Lipinski definition) is 1. The lowest BCUT2D eigenvalue weighted by Crippen LogP contribution is -2.19. The largest absolute Gasteiger partial charge is 0.467 e. The number of nitrogens with two attached hydrogens (primary N) is 1. The van der Waals surface area contributed by atoms with Gasteiger partial charge in [-0.25, -0.2) is 4.68 Å². The zero-order valence-electron chi connectivity index (χ0n) is 10.3. The molecule has 0 amide bonds. The minimum atomic E-state index is -4.50. The van der Waals surface area contributed by atoms with Crippen molar-refractivity contribution in [3.63, 3.8) is 0 Å². The summed E-state index contributed by atoms with van der Waals surface area (Å²) in [4.78, 5) is 10.8. The van der Waals surface area contributed by atoms with Crippen LogP contribution in [0.5, 0.6) is 5.88 Å². The van der Waals surface area contributed by atoms with Gasteiger partial charge in [-0.15, -0.1) is 5.10 Å². The predicted molar refractivity (Wildman–Crippen MR) is 67.2 cm³/mol. The fourth-order valence-electron chi connectivity index (χ4n) is 1.21. The number of aldehydes is 1. The summed E-state index contributed by atoms with van der Waals surface area (Å²) >= 11 is 5.82. The van der Waals surface area contributed by atoms with Crippen molar-refractivity contribution in [3.05, 3.63) is 28.9 Å². The molecule has 0 aliphatic heterocycles. The molecule has 1 aromatic rings. The Labute approximate surface area is 117 Å². The van der Waals surface area contributed by atoms with Crippen molar-refractivity contribution in [1.82, 2.24) is 9.78 Å². The number of rotatable bonds is 5. The van der Waals surface area contributed by atoms with E-state index in [0.29, 0.717) is 6.29 Å². The quantitative estimate of drug-likeness (QED) is 0.670. The summed E-state index contributed by atoms with van der Waals surface area (Å²) in [5.74, 6) is -0.481. The van der Waals surface area contributed by atoms with Gasteiger partial charge in [0.1, 0.15) is 11.5 Å². The Morgan fingerprint density at radius 2 is 2.25 bits per heavy atom. The Kier molecular flexibility index (Phi) is 5.20. The molecule has 0 aliphatic rings. The second-order valence-electron chi connectivity index (χ2n) is 3.57. The Balaban J connectivity index is 3.07. The fourth-order valence-corrected chi connectivity index (χ4v) is 1.41. The lowest BCUT2D eigenvalue weighted by molar-refractivity contribution is -0.154. The second kappa shape index (κ2) is 6.47. The molecule has 0 aromatic carbocycles. The van der Waals surface area contributed by atoms with Crippen molar-refractivity contribution in [2.45, 2.75) is 13.1 Å². The molecule has 0 radical (unpaired) electrons. The van der Waals surface area contributed by atoms with Gasteiger partial charge < -0.3 is 10.5 Å². The second-order valence-corrected chi connectivity index (χ2v) is 3.98. The summed E-state index contributed by atoms with van der Waals surface area (Å²) < 4.78 is 41.4. The maximum absolute atomic E-state index is 12.0. The van der Waals surface area contributed by atoms with Gasteiger partial charge in [-0.3, -0.25) is 4.79 Å². The topological polar surface area (TPSA) is 70.1 Å². The molecule has 0 atom stereocenters. The van der Waals surface area contributed by atoms with Crippen molar-refractivity contribution >= 4 is 23.7 Å². The summed E-state index contributed by atoms with van der Waals surface area (Å²) in [7, 11) is 0. The average molecular weight is 310 g/mol. The zero-order valence-corrected chi connectivity index (χ0v) is 11.1. The SMILES string of the molecule is C/C=C\C(Cl)=C(/N)n1nc(OCC(F)(F)F)cc1C=O. The van der Waals surface area contributed by atoms with Crippen LogP contribution in [0, 0.1) is 0 Å². The van der Waals surface area contributed by atoms with Crippen molar-refractivity contribution in [1.29, 1.82) is 0 Å². The zero-order chi connectivity index (χ0) is 15.3. The van der Waals surface area contributed by atoms with Crippen LogP contribution in [0.2, 0.25) is 0 Å². The van der Waals surface area contributed by atoms with E-state index < -0.39 is 12.8 Å². The normalized spacial score (nSPS) is 13.4. The van der Waals surface area contributed by atoms with Crippen LogP contribution in [0.25, 0.3) is 5.82 Å². The van der Waals surface area contributed by atoms with Crippen LogP contribution in [-0.2, 0) is 0 Å². The van der Waals surface area contributed by atoms with E-state index in [4.69, 9.17) is 17.3 Å². The van der Waals surface area contributed by atoms with E-state index in [0.717, 1.165) is 10.7 Å². The molecule has 2 N–H and O–H groups in total. The van der Waals surface area contributed by atoms with Crippen LogP contribution >= 0.6 is 11.6 Å². The first kappa shape index (κ1) is 16.1. The van der Waals surface area contributed by atoms with Gasteiger partial charge in [0.05, 0.1) is 5.03 Å². The summed E-state index contributed by atoms with van der Waals surface area (Å²) in [5.41, 5.74) is 5.58. The average Bonchev–Trinajstić information content (AvgIpc) is 2.78. The molecule has 1 rings (SSSR count). The number of alkyl halides is 3. The number of nitrogens with zero attached hydrogens (tertiary/aromatic N) is 2. The first-order valence-corrected chi connectivity index (χ1v) is 5.69. The predicted octanol–water partition coefficient (Wildman–Crippen LogP) is 2.54. The van der Waals surface area contributed by atoms with Crippen molar-refractivity contribution in [2.24, 2.45) is 5.73 Å². The number of aromatic nitrogens is 2. The van der Waals surface area contributed by atoms with Crippen LogP contribution in [-0.4, -0.2) is 28.8 Å². The molecule has 0 bridgehead atoms. The molecule has 0 saturated heterocycles. The fraction of sp³-hybridized carbons (Fsp3) is 0.273.